The smallest absolute Gasteiger partial charge is 0.255 e. The standard InChI is InChI=1S/C18H19FN2O3/c1-23-15-5-2-13(3-6-15)18(22)20-14-4-7-17(16(19)12-14)21-8-10-24-11-9-21/h2-7,12H,8-11H2,1H3,(H,20,22). The van der Waals surface area contributed by atoms with Crippen LogP contribution in [0.15, 0.2) is 42.5 Å². The number of hydrogen-bond acceptors (Lipinski definition) is 4. The summed E-state index contributed by atoms with van der Waals surface area (Å²) in [6.07, 6.45) is 0. The second-order valence-electron chi connectivity index (χ2n) is 5.45. The van der Waals surface area contributed by atoms with Gasteiger partial charge in [-0.15, -0.1) is 0 Å². The summed E-state index contributed by atoms with van der Waals surface area (Å²) >= 11 is 0. The molecule has 5 nitrogen and oxygen atoms in total. The van der Waals surface area contributed by atoms with Gasteiger partial charge in [0, 0.05) is 24.3 Å². The van der Waals surface area contributed by atoms with Crippen LogP contribution in [0.1, 0.15) is 10.4 Å². The summed E-state index contributed by atoms with van der Waals surface area (Å²) in [4.78, 5) is 14.1. The molecule has 0 spiro atoms. The lowest BCUT2D eigenvalue weighted by atomic mass is 10.2. The Kier molecular flexibility index (Phi) is 4.96. The Balaban J connectivity index is 1.70. The molecule has 2 aromatic carbocycles. The molecule has 0 radical (unpaired) electrons. The zero-order valence-electron chi connectivity index (χ0n) is 13.4. The molecule has 1 aliphatic rings. The van der Waals surface area contributed by atoms with E-state index in [2.05, 4.69) is 5.32 Å². The Labute approximate surface area is 140 Å². The predicted octanol–water partition coefficient (Wildman–Crippen LogP) is 2.92. The van der Waals surface area contributed by atoms with E-state index in [4.69, 9.17) is 9.47 Å². The van der Waals surface area contributed by atoms with Crippen molar-refractivity contribution in [2.45, 2.75) is 0 Å². The summed E-state index contributed by atoms with van der Waals surface area (Å²) in [6, 6.07) is 11.5. The van der Waals surface area contributed by atoms with Crippen molar-refractivity contribution in [1.29, 1.82) is 0 Å². The van der Waals surface area contributed by atoms with E-state index in [0.29, 0.717) is 49.0 Å². The van der Waals surface area contributed by atoms with E-state index in [1.807, 2.05) is 4.90 Å². The Morgan fingerprint density at radius 3 is 2.50 bits per heavy atom. The highest BCUT2D eigenvalue weighted by molar-refractivity contribution is 6.04. The van der Waals surface area contributed by atoms with Gasteiger partial charge in [-0.2, -0.15) is 0 Å². The average molecular weight is 330 g/mol. The van der Waals surface area contributed by atoms with Gasteiger partial charge in [-0.1, -0.05) is 0 Å². The van der Waals surface area contributed by atoms with Gasteiger partial charge in [0.25, 0.3) is 5.91 Å². The first-order valence-corrected chi connectivity index (χ1v) is 7.75. The molecular weight excluding hydrogens is 311 g/mol. The maximum atomic E-state index is 14.3. The Morgan fingerprint density at radius 1 is 1.17 bits per heavy atom. The molecule has 1 aliphatic heterocycles. The minimum atomic E-state index is -0.357. The highest BCUT2D eigenvalue weighted by atomic mass is 19.1. The fourth-order valence-corrected chi connectivity index (χ4v) is 2.59. The number of amides is 1. The zero-order chi connectivity index (χ0) is 16.9. The van der Waals surface area contributed by atoms with Gasteiger partial charge < -0.3 is 19.7 Å². The molecule has 1 heterocycles. The van der Waals surface area contributed by atoms with Crippen LogP contribution in [0.2, 0.25) is 0 Å². The van der Waals surface area contributed by atoms with Gasteiger partial charge >= 0.3 is 0 Å². The third-order valence-corrected chi connectivity index (χ3v) is 3.91. The van der Waals surface area contributed by atoms with Gasteiger partial charge in [0.15, 0.2) is 0 Å². The topological polar surface area (TPSA) is 50.8 Å². The van der Waals surface area contributed by atoms with E-state index in [1.165, 1.54) is 6.07 Å². The van der Waals surface area contributed by atoms with Gasteiger partial charge in [-0.05, 0) is 42.5 Å². The van der Waals surface area contributed by atoms with Crippen LogP contribution >= 0.6 is 0 Å². The van der Waals surface area contributed by atoms with Gasteiger partial charge in [0.1, 0.15) is 11.6 Å². The van der Waals surface area contributed by atoms with Crippen molar-refractivity contribution >= 4 is 17.3 Å². The number of hydrogen-bond donors (Lipinski definition) is 1. The lowest BCUT2D eigenvalue weighted by molar-refractivity contribution is 0.102. The van der Waals surface area contributed by atoms with Gasteiger partial charge in [-0.3, -0.25) is 4.79 Å². The molecule has 0 aromatic heterocycles. The number of methoxy groups -OCH3 is 1. The molecule has 1 saturated heterocycles. The van der Waals surface area contributed by atoms with Crippen molar-refractivity contribution in [3.63, 3.8) is 0 Å². The van der Waals surface area contributed by atoms with Crippen molar-refractivity contribution in [1.82, 2.24) is 0 Å². The number of carbonyl (C=O) groups excluding carboxylic acids is 1. The summed E-state index contributed by atoms with van der Waals surface area (Å²) in [6.45, 7) is 2.51. The van der Waals surface area contributed by atoms with E-state index in [-0.39, 0.29) is 11.7 Å². The average Bonchev–Trinajstić information content (AvgIpc) is 2.62. The fraction of sp³-hybridized carbons (Fsp3) is 0.278. The SMILES string of the molecule is COc1ccc(C(=O)Nc2ccc(N3CCOCC3)c(F)c2)cc1. The van der Waals surface area contributed by atoms with E-state index in [9.17, 15) is 9.18 Å². The Hall–Kier alpha value is -2.60. The number of carbonyl (C=O) groups is 1. The number of morpholine rings is 1. The number of nitrogens with one attached hydrogen (secondary N) is 1. The van der Waals surface area contributed by atoms with Crippen LogP contribution in [0.25, 0.3) is 0 Å². The first-order valence-electron chi connectivity index (χ1n) is 7.75. The minimum Gasteiger partial charge on any atom is -0.497 e. The molecule has 3 rings (SSSR count). The van der Waals surface area contributed by atoms with Gasteiger partial charge in [0.05, 0.1) is 26.0 Å². The van der Waals surface area contributed by atoms with Crippen LogP contribution < -0.4 is 15.0 Å². The van der Waals surface area contributed by atoms with Crippen LogP contribution in [0, 0.1) is 5.82 Å². The van der Waals surface area contributed by atoms with Crippen LogP contribution in [0.3, 0.4) is 0 Å². The minimum absolute atomic E-state index is 0.295. The van der Waals surface area contributed by atoms with Crippen molar-refractivity contribution in [2.75, 3.05) is 43.6 Å². The molecule has 0 unspecified atom stereocenters. The summed E-state index contributed by atoms with van der Waals surface area (Å²) < 4.78 is 24.7. The normalized spacial score (nSPS) is 14.3. The van der Waals surface area contributed by atoms with Gasteiger partial charge in [0.2, 0.25) is 0 Å². The highest BCUT2D eigenvalue weighted by Crippen LogP contribution is 2.24. The molecule has 1 N–H and O–H groups in total. The van der Waals surface area contributed by atoms with E-state index >= 15 is 0 Å². The fourth-order valence-electron chi connectivity index (χ4n) is 2.59. The number of ether oxygens (including phenoxy) is 2. The molecule has 1 amide bonds. The van der Waals surface area contributed by atoms with Crippen LogP contribution in [0.4, 0.5) is 15.8 Å². The monoisotopic (exact) mass is 330 g/mol. The summed E-state index contributed by atoms with van der Waals surface area (Å²) in [5, 5.41) is 2.70. The lowest BCUT2D eigenvalue weighted by Gasteiger charge is -2.29. The van der Waals surface area contributed by atoms with Gasteiger partial charge in [-0.25, -0.2) is 4.39 Å². The first-order chi connectivity index (χ1) is 11.7. The molecule has 0 aliphatic carbocycles. The summed E-state index contributed by atoms with van der Waals surface area (Å²) in [5.41, 5.74) is 1.43. The number of benzene rings is 2. The Morgan fingerprint density at radius 2 is 1.88 bits per heavy atom. The number of anilines is 2. The summed E-state index contributed by atoms with van der Waals surface area (Å²) in [7, 11) is 1.56. The van der Waals surface area contributed by atoms with E-state index in [0.717, 1.165) is 0 Å². The summed E-state index contributed by atoms with van der Waals surface area (Å²) in [5.74, 6) is 0.0214. The van der Waals surface area contributed by atoms with Crippen molar-refractivity contribution in [2.24, 2.45) is 0 Å². The molecule has 24 heavy (non-hydrogen) atoms. The van der Waals surface area contributed by atoms with Crippen LogP contribution in [-0.4, -0.2) is 39.3 Å². The van der Waals surface area contributed by atoms with Crippen LogP contribution in [-0.2, 0) is 4.74 Å². The predicted molar refractivity (Wildman–Crippen MR) is 90.4 cm³/mol. The molecule has 0 bridgehead atoms. The second kappa shape index (κ2) is 7.31. The molecule has 0 saturated carbocycles. The first kappa shape index (κ1) is 16.3. The molecule has 1 fully saturated rings. The maximum absolute atomic E-state index is 14.3. The third kappa shape index (κ3) is 3.65. The third-order valence-electron chi connectivity index (χ3n) is 3.91. The largest absolute Gasteiger partial charge is 0.497 e. The van der Waals surface area contributed by atoms with E-state index in [1.54, 1.807) is 43.5 Å². The molecule has 6 heteroatoms. The number of rotatable bonds is 4. The van der Waals surface area contributed by atoms with E-state index < -0.39 is 0 Å². The quantitative estimate of drug-likeness (QED) is 0.936. The number of nitrogens with zero attached hydrogens (tertiary/aromatic N) is 1. The van der Waals surface area contributed by atoms with Crippen LogP contribution in [0.5, 0.6) is 5.75 Å². The van der Waals surface area contributed by atoms with Crippen molar-refractivity contribution in [3.05, 3.63) is 53.8 Å². The molecule has 2 aromatic rings. The second-order valence-corrected chi connectivity index (χ2v) is 5.45. The molecule has 0 atom stereocenters. The zero-order valence-corrected chi connectivity index (χ0v) is 13.4. The maximum Gasteiger partial charge on any atom is 0.255 e. The highest BCUT2D eigenvalue weighted by Gasteiger charge is 2.16. The lowest BCUT2D eigenvalue weighted by Crippen LogP contribution is -2.36. The molecule has 126 valence electrons. The molecular formula is C18H19FN2O3. The number of halogens is 1. The van der Waals surface area contributed by atoms with Crippen molar-refractivity contribution in [3.8, 4) is 5.75 Å². The Bertz CT molecular complexity index is 713. The van der Waals surface area contributed by atoms with Crippen molar-refractivity contribution < 1.29 is 18.7 Å².